The molecule has 1 fully saturated rings. The van der Waals surface area contributed by atoms with Crippen molar-refractivity contribution in [3.63, 3.8) is 0 Å². The molecule has 0 saturated carbocycles. The number of piperidine rings is 1. The normalized spacial score (nSPS) is 17.7. The van der Waals surface area contributed by atoms with Crippen LogP contribution in [0.15, 0.2) is 54.7 Å². The molecule has 0 spiro atoms. The van der Waals surface area contributed by atoms with E-state index in [9.17, 15) is 5.11 Å². The third-order valence-electron chi connectivity index (χ3n) is 5.84. The van der Waals surface area contributed by atoms with Crippen molar-refractivity contribution in [1.82, 2.24) is 9.47 Å². The highest BCUT2D eigenvalue weighted by Crippen LogP contribution is 2.34. The lowest BCUT2D eigenvalue weighted by atomic mass is 9.84. The van der Waals surface area contributed by atoms with Crippen molar-refractivity contribution in [2.24, 2.45) is 0 Å². The second kappa shape index (κ2) is 7.31. The number of benzene rings is 2. The minimum absolute atomic E-state index is 0.444. The zero-order valence-corrected chi connectivity index (χ0v) is 16.8. The monoisotopic (exact) mass is 382 g/mol. The van der Waals surface area contributed by atoms with E-state index in [0.717, 1.165) is 38.0 Å². The molecule has 1 aromatic heterocycles. The standard InChI is InChI=1S/C23H27ClN2O/c1-17(2)26-16-18(21-5-3-4-6-22(21)26)15-25-13-11-23(27,12-14-25)19-7-9-20(24)10-8-19/h3-10,16-17,27H,11-15H2,1-2H3. The number of fused-ring (bicyclic) bond motifs is 1. The Morgan fingerprint density at radius 3 is 2.37 bits per heavy atom. The Hall–Kier alpha value is -1.81. The van der Waals surface area contributed by atoms with Gasteiger partial charge in [0.2, 0.25) is 0 Å². The third kappa shape index (κ3) is 3.64. The first-order chi connectivity index (χ1) is 13.0. The van der Waals surface area contributed by atoms with E-state index in [1.807, 2.05) is 24.3 Å². The minimum Gasteiger partial charge on any atom is -0.385 e. The van der Waals surface area contributed by atoms with E-state index >= 15 is 0 Å². The highest BCUT2D eigenvalue weighted by molar-refractivity contribution is 6.30. The number of para-hydroxylation sites is 1. The van der Waals surface area contributed by atoms with E-state index in [1.54, 1.807) is 0 Å². The van der Waals surface area contributed by atoms with Crippen molar-refractivity contribution in [3.8, 4) is 0 Å². The molecule has 0 aliphatic carbocycles. The van der Waals surface area contributed by atoms with Crippen LogP contribution in [0, 0.1) is 0 Å². The molecular formula is C23H27ClN2O. The van der Waals surface area contributed by atoms with Gasteiger partial charge in [-0.1, -0.05) is 41.9 Å². The number of aliphatic hydroxyl groups is 1. The molecule has 1 aliphatic heterocycles. The van der Waals surface area contributed by atoms with Gasteiger partial charge in [-0.2, -0.15) is 0 Å². The second-order valence-corrected chi connectivity index (χ2v) is 8.42. The predicted octanol–water partition coefficient (Wildman–Crippen LogP) is 5.36. The number of hydrogen-bond acceptors (Lipinski definition) is 2. The van der Waals surface area contributed by atoms with E-state index in [0.29, 0.717) is 11.1 Å². The molecule has 3 nitrogen and oxygen atoms in total. The van der Waals surface area contributed by atoms with Gasteiger partial charge in [0.05, 0.1) is 5.60 Å². The largest absolute Gasteiger partial charge is 0.385 e. The fourth-order valence-electron chi connectivity index (χ4n) is 4.20. The van der Waals surface area contributed by atoms with Crippen LogP contribution in [0.2, 0.25) is 5.02 Å². The summed E-state index contributed by atoms with van der Waals surface area (Å²) in [4.78, 5) is 2.46. The average Bonchev–Trinajstić information content (AvgIpc) is 3.03. The van der Waals surface area contributed by atoms with E-state index in [-0.39, 0.29) is 0 Å². The smallest absolute Gasteiger partial charge is 0.0920 e. The van der Waals surface area contributed by atoms with Crippen molar-refractivity contribution in [2.45, 2.75) is 44.9 Å². The fourth-order valence-corrected chi connectivity index (χ4v) is 4.33. The summed E-state index contributed by atoms with van der Waals surface area (Å²) in [5.41, 5.74) is 2.91. The first-order valence-electron chi connectivity index (χ1n) is 9.75. The van der Waals surface area contributed by atoms with Gasteiger partial charge >= 0.3 is 0 Å². The predicted molar refractivity (Wildman–Crippen MR) is 112 cm³/mol. The van der Waals surface area contributed by atoms with Gasteiger partial charge in [0, 0.05) is 47.8 Å². The summed E-state index contributed by atoms with van der Waals surface area (Å²) in [7, 11) is 0. The summed E-state index contributed by atoms with van der Waals surface area (Å²) in [5, 5.41) is 13.1. The Balaban J connectivity index is 1.50. The number of likely N-dealkylation sites (tertiary alicyclic amines) is 1. The molecule has 0 unspecified atom stereocenters. The number of aromatic nitrogens is 1. The minimum atomic E-state index is -0.743. The van der Waals surface area contributed by atoms with Crippen molar-refractivity contribution < 1.29 is 5.11 Å². The molecule has 3 aromatic rings. The molecule has 4 rings (SSSR count). The Morgan fingerprint density at radius 2 is 1.70 bits per heavy atom. The van der Waals surface area contributed by atoms with Crippen LogP contribution in [0.4, 0.5) is 0 Å². The number of nitrogens with zero attached hydrogens (tertiary/aromatic N) is 2. The fraction of sp³-hybridized carbons (Fsp3) is 0.391. The van der Waals surface area contributed by atoms with Gasteiger partial charge in [0.1, 0.15) is 0 Å². The quantitative estimate of drug-likeness (QED) is 0.658. The van der Waals surface area contributed by atoms with Gasteiger partial charge in [-0.15, -0.1) is 0 Å². The zero-order valence-electron chi connectivity index (χ0n) is 16.0. The number of hydrogen-bond donors (Lipinski definition) is 1. The average molecular weight is 383 g/mol. The van der Waals surface area contributed by atoms with Gasteiger partial charge in [-0.3, -0.25) is 4.90 Å². The summed E-state index contributed by atoms with van der Waals surface area (Å²) in [5.74, 6) is 0. The molecule has 2 aromatic carbocycles. The van der Waals surface area contributed by atoms with Crippen LogP contribution in [0.25, 0.3) is 10.9 Å². The SMILES string of the molecule is CC(C)n1cc(CN2CCC(O)(c3ccc(Cl)cc3)CC2)c2ccccc21. The first kappa shape index (κ1) is 18.5. The topological polar surface area (TPSA) is 28.4 Å². The lowest BCUT2D eigenvalue weighted by molar-refractivity contribution is -0.0276. The molecule has 0 amide bonds. The van der Waals surface area contributed by atoms with Gasteiger partial charge in [-0.25, -0.2) is 0 Å². The number of halogens is 1. The molecule has 1 N–H and O–H groups in total. The van der Waals surface area contributed by atoms with Crippen LogP contribution in [0.5, 0.6) is 0 Å². The summed E-state index contributed by atoms with van der Waals surface area (Å²) in [6.45, 7) is 7.16. The Bertz CT molecular complexity index is 921. The van der Waals surface area contributed by atoms with Crippen LogP contribution in [-0.4, -0.2) is 27.7 Å². The molecule has 2 heterocycles. The number of rotatable bonds is 4. The van der Waals surface area contributed by atoms with Crippen molar-refractivity contribution in [2.75, 3.05) is 13.1 Å². The lowest BCUT2D eigenvalue weighted by Crippen LogP contribution is -2.42. The van der Waals surface area contributed by atoms with Gasteiger partial charge in [0.15, 0.2) is 0 Å². The van der Waals surface area contributed by atoms with Crippen molar-refractivity contribution in [3.05, 3.63) is 70.9 Å². The summed E-state index contributed by atoms with van der Waals surface area (Å²) >= 11 is 5.99. The molecule has 0 atom stereocenters. The molecule has 27 heavy (non-hydrogen) atoms. The highest BCUT2D eigenvalue weighted by Gasteiger charge is 2.34. The maximum absolute atomic E-state index is 11.1. The van der Waals surface area contributed by atoms with Crippen molar-refractivity contribution in [1.29, 1.82) is 0 Å². The van der Waals surface area contributed by atoms with Crippen LogP contribution in [-0.2, 0) is 12.1 Å². The summed E-state index contributed by atoms with van der Waals surface area (Å²) in [6, 6.07) is 16.7. The van der Waals surface area contributed by atoms with E-state index in [4.69, 9.17) is 11.6 Å². The summed E-state index contributed by atoms with van der Waals surface area (Å²) < 4.78 is 2.36. The molecule has 142 valence electrons. The molecule has 0 bridgehead atoms. The summed E-state index contributed by atoms with van der Waals surface area (Å²) in [6.07, 6.45) is 3.80. The maximum atomic E-state index is 11.1. The van der Waals surface area contributed by atoms with Crippen molar-refractivity contribution >= 4 is 22.5 Å². The Morgan fingerprint density at radius 1 is 1.04 bits per heavy atom. The third-order valence-corrected chi connectivity index (χ3v) is 6.09. The highest BCUT2D eigenvalue weighted by atomic mass is 35.5. The van der Waals surface area contributed by atoms with Crippen LogP contribution >= 0.6 is 11.6 Å². The zero-order chi connectivity index (χ0) is 19.0. The van der Waals surface area contributed by atoms with Crippen LogP contribution in [0.1, 0.15) is 43.9 Å². The van der Waals surface area contributed by atoms with Crippen LogP contribution < -0.4 is 0 Å². The van der Waals surface area contributed by atoms with E-state index in [2.05, 4.69) is 53.8 Å². The molecule has 0 radical (unpaired) electrons. The molecular weight excluding hydrogens is 356 g/mol. The maximum Gasteiger partial charge on any atom is 0.0920 e. The van der Waals surface area contributed by atoms with E-state index < -0.39 is 5.60 Å². The Kier molecular flexibility index (Phi) is 5.02. The Labute approximate surface area is 166 Å². The molecule has 4 heteroatoms. The lowest BCUT2D eigenvalue weighted by Gasteiger charge is -2.38. The van der Waals surface area contributed by atoms with E-state index in [1.165, 1.54) is 16.5 Å². The van der Waals surface area contributed by atoms with Gasteiger partial charge in [0.25, 0.3) is 0 Å². The van der Waals surface area contributed by atoms with Crippen LogP contribution in [0.3, 0.4) is 0 Å². The van der Waals surface area contributed by atoms with Gasteiger partial charge in [-0.05, 0) is 56.0 Å². The van der Waals surface area contributed by atoms with Gasteiger partial charge < -0.3 is 9.67 Å². The first-order valence-corrected chi connectivity index (χ1v) is 10.1. The second-order valence-electron chi connectivity index (χ2n) is 7.99. The molecule has 1 aliphatic rings. The molecule has 1 saturated heterocycles.